The standard InChI is InChI=1S/C19H26N6S2/c1-12-14(7-8-25(5)6)26-16(23-12)10-22-24-17-13-9-15(19(2,3)4)27-18(13)21-11-20-17/h9-11H,7-8H2,1-6H3,(H,20,21,24). The van der Waals surface area contributed by atoms with Crippen molar-refractivity contribution in [2.24, 2.45) is 5.10 Å². The van der Waals surface area contributed by atoms with Crippen LogP contribution in [0.15, 0.2) is 17.5 Å². The second-order valence-electron chi connectivity index (χ2n) is 7.79. The largest absolute Gasteiger partial charge is 0.309 e. The lowest BCUT2D eigenvalue weighted by molar-refractivity contribution is 0.414. The molecule has 0 bridgehead atoms. The molecule has 0 aliphatic carbocycles. The van der Waals surface area contributed by atoms with Gasteiger partial charge in [0.25, 0.3) is 0 Å². The number of nitrogens with zero attached hydrogens (tertiary/aromatic N) is 5. The van der Waals surface area contributed by atoms with Gasteiger partial charge in [0.05, 0.1) is 17.3 Å². The van der Waals surface area contributed by atoms with Crippen molar-refractivity contribution in [3.05, 3.63) is 32.8 Å². The topological polar surface area (TPSA) is 66.3 Å². The first-order chi connectivity index (χ1) is 12.7. The molecule has 0 aromatic carbocycles. The van der Waals surface area contributed by atoms with Crippen molar-refractivity contribution < 1.29 is 0 Å². The maximum atomic E-state index is 4.60. The van der Waals surface area contributed by atoms with Gasteiger partial charge in [-0.2, -0.15) is 5.10 Å². The monoisotopic (exact) mass is 402 g/mol. The van der Waals surface area contributed by atoms with Gasteiger partial charge in [-0.1, -0.05) is 20.8 Å². The minimum atomic E-state index is 0.0906. The quantitative estimate of drug-likeness (QED) is 0.492. The average molecular weight is 403 g/mol. The molecule has 0 atom stereocenters. The Labute approximate surface area is 168 Å². The maximum absolute atomic E-state index is 4.60. The van der Waals surface area contributed by atoms with Crippen molar-refractivity contribution in [1.82, 2.24) is 19.9 Å². The molecule has 0 unspecified atom stereocenters. The van der Waals surface area contributed by atoms with E-state index < -0.39 is 0 Å². The normalized spacial score (nSPS) is 12.6. The second kappa shape index (κ2) is 8.00. The van der Waals surface area contributed by atoms with E-state index in [1.165, 1.54) is 9.75 Å². The molecule has 3 aromatic heterocycles. The third kappa shape index (κ3) is 4.88. The van der Waals surface area contributed by atoms with Crippen LogP contribution in [0.5, 0.6) is 0 Å². The summed E-state index contributed by atoms with van der Waals surface area (Å²) in [5, 5.41) is 6.27. The zero-order valence-electron chi connectivity index (χ0n) is 16.7. The SMILES string of the molecule is Cc1nc(C=NNc2ncnc3sc(C(C)(C)C)cc23)sc1CCN(C)C. The van der Waals surface area contributed by atoms with Gasteiger partial charge in [0.2, 0.25) is 0 Å². The molecular weight excluding hydrogens is 376 g/mol. The summed E-state index contributed by atoms with van der Waals surface area (Å²) in [6.07, 6.45) is 4.35. The Morgan fingerprint density at radius 2 is 2.00 bits per heavy atom. The van der Waals surface area contributed by atoms with Gasteiger partial charge in [-0.3, -0.25) is 5.43 Å². The summed E-state index contributed by atoms with van der Waals surface area (Å²) in [6.45, 7) is 9.68. The van der Waals surface area contributed by atoms with Gasteiger partial charge in [0.15, 0.2) is 5.82 Å². The zero-order chi connectivity index (χ0) is 19.6. The van der Waals surface area contributed by atoms with E-state index in [2.05, 4.69) is 78.2 Å². The number of aromatic nitrogens is 3. The van der Waals surface area contributed by atoms with Crippen molar-refractivity contribution in [1.29, 1.82) is 0 Å². The van der Waals surface area contributed by atoms with E-state index in [-0.39, 0.29) is 5.41 Å². The fourth-order valence-corrected chi connectivity index (χ4v) is 4.51. The Morgan fingerprint density at radius 3 is 2.70 bits per heavy atom. The number of fused-ring (bicyclic) bond motifs is 1. The van der Waals surface area contributed by atoms with E-state index in [0.29, 0.717) is 0 Å². The highest BCUT2D eigenvalue weighted by Crippen LogP contribution is 2.35. The molecule has 0 amide bonds. The van der Waals surface area contributed by atoms with Gasteiger partial charge in [0.1, 0.15) is 16.2 Å². The average Bonchev–Trinajstić information content (AvgIpc) is 3.17. The van der Waals surface area contributed by atoms with E-state index in [1.54, 1.807) is 35.2 Å². The number of thiophene rings is 1. The third-order valence-corrected chi connectivity index (χ3v) is 6.73. The molecule has 3 heterocycles. The lowest BCUT2D eigenvalue weighted by Crippen LogP contribution is -2.14. The number of nitrogens with one attached hydrogen (secondary N) is 1. The molecule has 144 valence electrons. The molecule has 27 heavy (non-hydrogen) atoms. The highest BCUT2D eigenvalue weighted by atomic mass is 32.1. The van der Waals surface area contributed by atoms with E-state index in [0.717, 1.165) is 39.7 Å². The van der Waals surface area contributed by atoms with E-state index in [1.807, 2.05) is 0 Å². The number of rotatable bonds is 6. The highest BCUT2D eigenvalue weighted by Gasteiger charge is 2.18. The van der Waals surface area contributed by atoms with Crippen LogP contribution in [0.2, 0.25) is 0 Å². The zero-order valence-corrected chi connectivity index (χ0v) is 18.3. The van der Waals surface area contributed by atoms with Crippen LogP contribution in [-0.4, -0.2) is 46.7 Å². The minimum Gasteiger partial charge on any atom is -0.309 e. The molecule has 1 N–H and O–H groups in total. The number of hydrogen-bond acceptors (Lipinski definition) is 8. The van der Waals surface area contributed by atoms with Gasteiger partial charge >= 0.3 is 0 Å². The molecule has 0 fully saturated rings. The number of likely N-dealkylation sites (N-methyl/N-ethyl adjacent to an activating group) is 1. The fraction of sp³-hybridized carbons (Fsp3) is 0.474. The molecule has 0 aliphatic rings. The van der Waals surface area contributed by atoms with E-state index >= 15 is 0 Å². The summed E-state index contributed by atoms with van der Waals surface area (Å²) < 4.78 is 0. The summed E-state index contributed by atoms with van der Waals surface area (Å²) in [6, 6.07) is 2.16. The Kier molecular flexibility index (Phi) is 5.88. The molecule has 0 saturated carbocycles. The Morgan fingerprint density at radius 1 is 1.22 bits per heavy atom. The predicted molar refractivity (Wildman–Crippen MR) is 116 cm³/mol. The first-order valence-electron chi connectivity index (χ1n) is 8.89. The number of hydrazone groups is 1. The molecule has 0 aliphatic heterocycles. The Balaban J connectivity index is 1.75. The molecule has 0 radical (unpaired) electrons. The Hall–Kier alpha value is -1.90. The van der Waals surface area contributed by atoms with Crippen molar-refractivity contribution in [2.75, 3.05) is 26.1 Å². The van der Waals surface area contributed by atoms with Crippen LogP contribution >= 0.6 is 22.7 Å². The van der Waals surface area contributed by atoms with E-state index in [4.69, 9.17) is 0 Å². The first-order valence-corrected chi connectivity index (χ1v) is 10.5. The summed E-state index contributed by atoms with van der Waals surface area (Å²) >= 11 is 3.39. The van der Waals surface area contributed by atoms with Crippen molar-refractivity contribution in [3.8, 4) is 0 Å². The predicted octanol–water partition coefficient (Wildman–Crippen LogP) is 4.30. The lowest BCUT2D eigenvalue weighted by Gasteiger charge is -2.14. The minimum absolute atomic E-state index is 0.0906. The van der Waals surface area contributed by atoms with Crippen LogP contribution in [0.25, 0.3) is 10.2 Å². The lowest BCUT2D eigenvalue weighted by atomic mass is 9.94. The van der Waals surface area contributed by atoms with Crippen molar-refractivity contribution in [3.63, 3.8) is 0 Å². The summed E-state index contributed by atoms with van der Waals surface area (Å²) in [4.78, 5) is 19.1. The van der Waals surface area contributed by atoms with Crippen LogP contribution in [0, 0.1) is 6.92 Å². The molecular formula is C19H26N6S2. The van der Waals surface area contributed by atoms with Crippen molar-refractivity contribution >= 4 is 44.9 Å². The van der Waals surface area contributed by atoms with Crippen LogP contribution < -0.4 is 5.43 Å². The van der Waals surface area contributed by atoms with Gasteiger partial charge in [0, 0.05) is 16.3 Å². The second-order valence-corrected chi connectivity index (χ2v) is 9.93. The van der Waals surface area contributed by atoms with Crippen LogP contribution in [0.3, 0.4) is 0 Å². The fourth-order valence-electron chi connectivity index (χ4n) is 2.53. The van der Waals surface area contributed by atoms with Crippen LogP contribution in [0.1, 0.15) is 41.2 Å². The number of thiazole rings is 1. The number of aryl methyl sites for hydroxylation is 1. The van der Waals surface area contributed by atoms with Gasteiger partial charge in [-0.25, -0.2) is 15.0 Å². The Bertz CT molecular complexity index is 949. The summed E-state index contributed by atoms with van der Waals surface area (Å²) in [5.74, 6) is 0.726. The third-order valence-electron chi connectivity index (χ3n) is 4.11. The number of hydrogen-bond donors (Lipinski definition) is 1. The van der Waals surface area contributed by atoms with Crippen LogP contribution in [0.4, 0.5) is 5.82 Å². The summed E-state index contributed by atoms with van der Waals surface area (Å²) in [5.41, 5.74) is 4.24. The van der Waals surface area contributed by atoms with Gasteiger partial charge < -0.3 is 4.90 Å². The van der Waals surface area contributed by atoms with Gasteiger partial charge in [-0.15, -0.1) is 22.7 Å². The smallest absolute Gasteiger partial charge is 0.158 e. The summed E-state index contributed by atoms with van der Waals surface area (Å²) in [7, 11) is 4.17. The van der Waals surface area contributed by atoms with Crippen LogP contribution in [-0.2, 0) is 11.8 Å². The molecule has 3 rings (SSSR count). The van der Waals surface area contributed by atoms with E-state index in [9.17, 15) is 0 Å². The maximum Gasteiger partial charge on any atom is 0.158 e. The molecule has 0 saturated heterocycles. The number of anilines is 1. The van der Waals surface area contributed by atoms with Gasteiger partial charge in [-0.05, 0) is 38.9 Å². The van der Waals surface area contributed by atoms with Crippen molar-refractivity contribution in [2.45, 2.75) is 39.5 Å². The molecule has 8 heteroatoms. The first kappa shape index (κ1) is 19.9. The molecule has 0 spiro atoms. The highest BCUT2D eigenvalue weighted by molar-refractivity contribution is 7.18. The molecule has 6 nitrogen and oxygen atoms in total. The molecule has 3 aromatic rings.